The van der Waals surface area contributed by atoms with Gasteiger partial charge in [-0.05, 0) is 38.5 Å². The van der Waals surface area contributed by atoms with Crippen molar-refractivity contribution in [3.8, 4) is 0 Å². The molecule has 0 amide bonds. The molecule has 0 radical (unpaired) electrons. The first-order chi connectivity index (χ1) is 9.36. The number of carbonyl (C=O) groups excluding carboxylic acids is 1. The van der Waals surface area contributed by atoms with Gasteiger partial charge in [0.05, 0.1) is 5.57 Å². The van der Waals surface area contributed by atoms with Crippen LogP contribution in [-0.2, 0) is 9.59 Å². The van der Waals surface area contributed by atoms with E-state index in [4.69, 9.17) is 10.5 Å². The quantitative estimate of drug-likeness (QED) is 0.514. The predicted octanol–water partition coefficient (Wildman–Crippen LogP) is 2.37. The second kappa shape index (κ2) is 7.22. The van der Waals surface area contributed by atoms with Crippen molar-refractivity contribution >= 4 is 18.0 Å². The number of Topliss-reactive ketones (excluding diaryl/α,β-unsaturated/α-hetero) is 1. The van der Waals surface area contributed by atoms with Gasteiger partial charge in [0.2, 0.25) is 0 Å². The molecule has 0 saturated heterocycles. The smallest absolute Gasteiger partial charge is 0.339 e. The highest BCUT2D eigenvalue weighted by atomic mass is 16.4. The molecule has 0 atom stereocenters. The van der Waals surface area contributed by atoms with Gasteiger partial charge >= 0.3 is 5.97 Å². The number of carbonyl (C=O) groups is 2. The average molecular weight is 280 g/mol. The van der Waals surface area contributed by atoms with Crippen LogP contribution in [0.15, 0.2) is 11.3 Å². The molecule has 1 aliphatic rings. The molecule has 5 nitrogen and oxygen atoms in total. The van der Waals surface area contributed by atoms with Gasteiger partial charge < -0.3 is 15.8 Å². The van der Waals surface area contributed by atoms with E-state index in [1.807, 2.05) is 13.8 Å². The lowest BCUT2D eigenvalue weighted by molar-refractivity contribution is -0.132. The van der Waals surface area contributed by atoms with E-state index in [0.29, 0.717) is 5.70 Å². The fraction of sp³-hybridized carbons (Fsp3) is 0.667. The summed E-state index contributed by atoms with van der Waals surface area (Å²) in [5.41, 5.74) is 0.632. The van der Waals surface area contributed by atoms with Crippen LogP contribution in [0.25, 0.3) is 0 Å². The number of aliphatic carboxylic acids is 1. The molecular weight excluding hydrogens is 256 g/mol. The molecule has 0 aliphatic heterocycles. The highest BCUT2D eigenvalue weighted by Crippen LogP contribution is 2.26. The number of hydrogen-bond donors (Lipinski definition) is 3. The van der Waals surface area contributed by atoms with E-state index in [2.05, 4.69) is 5.32 Å². The van der Waals surface area contributed by atoms with E-state index < -0.39 is 5.97 Å². The number of carboxylic acid groups (broad SMARTS) is 1. The number of allylic oxidation sites excluding steroid dienone is 1. The molecule has 0 bridgehead atoms. The summed E-state index contributed by atoms with van der Waals surface area (Å²) in [6.07, 6.45) is 4.33. The normalized spacial score (nSPS) is 24.0. The Morgan fingerprint density at radius 2 is 1.80 bits per heavy atom. The zero-order chi connectivity index (χ0) is 15.3. The van der Waals surface area contributed by atoms with Crippen LogP contribution in [0, 0.1) is 17.2 Å². The van der Waals surface area contributed by atoms with Crippen LogP contribution < -0.4 is 5.32 Å². The summed E-state index contributed by atoms with van der Waals surface area (Å²) >= 11 is 0. The van der Waals surface area contributed by atoms with Crippen LogP contribution in [0.4, 0.5) is 0 Å². The number of ketones is 1. The molecule has 0 aromatic rings. The third-order valence-electron chi connectivity index (χ3n) is 3.90. The highest BCUT2D eigenvalue weighted by Gasteiger charge is 2.26. The number of rotatable bonds is 6. The SMILES string of the molecule is CC(=O)[C@H]1CC[C@H](N/C(=C(\C=N)C(=O)O)C(C)C)CC1. The van der Waals surface area contributed by atoms with Crippen molar-refractivity contribution in [3.05, 3.63) is 11.3 Å². The van der Waals surface area contributed by atoms with Crippen molar-refractivity contribution in [1.29, 1.82) is 5.41 Å². The maximum atomic E-state index is 11.3. The highest BCUT2D eigenvalue weighted by molar-refractivity contribution is 6.08. The fourth-order valence-corrected chi connectivity index (χ4v) is 2.67. The maximum Gasteiger partial charge on any atom is 0.339 e. The fourth-order valence-electron chi connectivity index (χ4n) is 2.67. The first-order valence-electron chi connectivity index (χ1n) is 7.11. The third-order valence-corrected chi connectivity index (χ3v) is 3.90. The van der Waals surface area contributed by atoms with E-state index >= 15 is 0 Å². The van der Waals surface area contributed by atoms with Crippen molar-refractivity contribution in [3.63, 3.8) is 0 Å². The summed E-state index contributed by atoms with van der Waals surface area (Å²) in [5.74, 6) is -0.656. The van der Waals surface area contributed by atoms with Crippen LogP contribution >= 0.6 is 0 Å². The molecule has 112 valence electrons. The summed E-state index contributed by atoms with van der Waals surface area (Å²) in [6.45, 7) is 5.46. The maximum absolute atomic E-state index is 11.3. The van der Waals surface area contributed by atoms with Gasteiger partial charge in [-0.3, -0.25) is 4.79 Å². The van der Waals surface area contributed by atoms with E-state index in [0.717, 1.165) is 31.9 Å². The Morgan fingerprint density at radius 1 is 1.25 bits per heavy atom. The molecule has 0 unspecified atom stereocenters. The Morgan fingerprint density at radius 3 is 2.15 bits per heavy atom. The van der Waals surface area contributed by atoms with Crippen LogP contribution in [0.2, 0.25) is 0 Å². The van der Waals surface area contributed by atoms with Crippen LogP contribution in [-0.4, -0.2) is 29.1 Å². The molecule has 0 aromatic carbocycles. The van der Waals surface area contributed by atoms with E-state index in [9.17, 15) is 9.59 Å². The van der Waals surface area contributed by atoms with Gasteiger partial charge in [0, 0.05) is 23.9 Å². The van der Waals surface area contributed by atoms with Crippen LogP contribution in [0.5, 0.6) is 0 Å². The minimum atomic E-state index is -1.08. The standard InChI is InChI=1S/C15H24N2O3/c1-9(2)14(13(8-16)15(19)20)17-12-6-4-11(5-7-12)10(3)18/h8-9,11-12,16-17H,4-7H2,1-3H3,(H,19,20)/b14-13+,16-8?/t11-,12-. The lowest BCUT2D eigenvalue weighted by Gasteiger charge is -2.30. The Kier molecular flexibility index (Phi) is 5.92. The third kappa shape index (κ3) is 4.18. The molecule has 1 rings (SSSR count). The van der Waals surface area contributed by atoms with Gasteiger partial charge in [-0.25, -0.2) is 4.79 Å². The Bertz CT molecular complexity index is 419. The van der Waals surface area contributed by atoms with Gasteiger partial charge in [-0.1, -0.05) is 13.8 Å². The monoisotopic (exact) mass is 280 g/mol. The zero-order valence-electron chi connectivity index (χ0n) is 12.4. The first kappa shape index (κ1) is 16.4. The van der Waals surface area contributed by atoms with Gasteiger partial charge in [-0.15, -0.1) is 0 Å². The van der Waals surface area contributed by atoms with Crippen LogP contribution in [0.1, 0.15) is 46.5 Å². The molecule has 1 fully saturated rings. The second-order valence-corrected chi connectivity index (χ2v) is 5.74. The molecule has 5 heteroatoms. The average Bonchev–Trinajstić information content (AvgIpc) is 2.38. The van der Waals surface area contributed by atoms with Crippen molar-refractivity contribution in [2.75, 3.05) is 0 Å². The molecule has 0 spiro atoms. The van der Waals surface area contributed by atoms with Crippen LogP contribution in [0.3, 0.4) is 0 Å². The summed E-state index contributed by atoms with van der Waals surface area (Å²) in [5, 5.41) is 19.7. The van der Waals surface area contributed by atoms with Gasteiger partial charge in [-0.2, -0.15) is 0 Å². The topological polar surface area (TPSA) is 90.3 Å². The zero-order valence-corrected chi connectivity index (χ0v) is 12.4. The van der Waals surface area contributed by atoms with E-state index in [1.54, 1.807) is 6.92 Å². The van der Waals surface area contributed by atoms with Gasteiger partial charge in [0.25, 0.3) is 0 Å². The van der Waals surface area contributed by atoms with Crippen molar-refractivity contribution < 1.29 is 14.7 Å². The Labute approximate surface area is 120 Å². The molecule has 0 heterocycles. The Balaban J connectivity index is 2.77. The number of carboxylic acids is 1. The molecule has 20 heavy (non-hydrogen) atoms. The minimum absolute atomic E-state index is 0.0215. The van der Waals surface area contributed by atoms with Gasteiger partial charge in [0.1, 0.15) is 5.78 Å². The molecule has 1 aliphatic carbocycles. The summed E-state index contributed by atoms with van der Waals surface area (Å²) in [4.78, 5) is 22.5. The van der Waals surface area contributed by atoms with E-state index in [-0.39, 0.29) is 29.2 Å². The molecule has 1 saturated carbocycles. The largest absolute Gasteiger partial charge is 0.478 e. The summed E-state index contributed by atoms with van der Waals surface area (Å²) in [7, 11) is 0. The summed E-state index contributed by atoms with van der Waals surface area (Å²) in [6, 6.07) is 0.192. The van der Waals surface area contributed by atoms with E-state index in [1.165, 1.54) is 0 Å². The van der Waals surface area contributed by atoms with Crippen molar-refractivity contribution in [1.82, 2.24) is 5.32 Å². The number of hydrogen-bond acceptors (Lipinski definition) is 4. The second-order valence-electron chi connectivity index (χ2n) is 5.74. The van der Waals surface area contributed by atoms with Crippen molar-refractivity contribution in [2.24, 2.45) is 11.8 Å². The predicted molar refractivity (Wildman–Crippen MR) is 77.8 cm³/mol. The lowest BCUT2D eigenvalue weighted by Crippen LogP contribution is -2.36. The Hall–Kier alpha value is -1.65. The molecule has 3 N–H and O–H groups in total. The lowest BCUT2D eigenvalue weighted by atomic mass is 9.83. The molecular formula is C15H24N2O3. The van der Waals surface area contributed by atoms with Crippen molar-refractivity contribution in [2.45, 2.75) is 52.5 Å². The molecule has 0 aromatic heterocycles. The van der Waals surface area contributed by atoms with Gasteiger partial charge in [0.15, 0.2) is 0 Å². The minimum Gasteiger partial charge on any atom is -0.478 e. The number of nitrogens with one attached hydrogen (secondary N) is 2. The first-order valence-corrected chi connectivity index (χ1v) is 7.11. The summed E-state index contributed by atoms with van der Waals surface area (Å²) < 4.78 is 0.